The van der Waals surface area contributed by atoms with Crippen molar-refractivity contribution < 1.29 is 23.6 Å². The summed E-state index contributed by atoms with van der Waals surface area (Å²) in [7, 11) is 0. The average molecular weight is 449 g/mol. The summed E-state index contributed by atoms with van der Waals surface area (Å²) in [5, 5.41) is 5.59. The molecule has 1 aromatic carbocycles. The molecule has 0 aromatic heterocycles. The van der Waals surface area contributed by atoms with Crippen molar-refractivity contribution in [1.82, 2.24) is 20.4 Å². The number of hydrogen-bond acceptors (Lipinski definition) is 4. The summed E-state index contributed by atoms with van der Waals surface area (Å²) in [5.41, 5.74) is 0.196. The van der Waals surface area contributed by atoms with Gasteiger partial charge in [0.2, 0.25) is 17.7 Å². The van der Waals surface area contributed by atoms with Crippen LogP contribution in [0.15, 0.2) is 18.2 Å². The van der Waals surface area contributed by atoms with Crippen molar-refractivity contribution in [2.45, 2.75) is 49.9 Å². The highest BCUT2D eigenvalue weighted by atomic mass is 35.5. The lowest BCUT2D eigenvalue weighted by Gasteiger charge is -2.29. The summed E-state index contributed by atoms with van der Waals surface area (Å²) < 4.78 is 13.4. The van der Waals surface area contributed by atoms with Gasteiger partial charge in [-0.3, -0.25) is 19.2 Å². The van der Waals surface area contributed by atoms with Gasteiger partial charge in [-0.15, -0.1) is 0 Å². The fraction of sp³-hybridized carbons (Fsp3) is 0.524. The van der Waals surface area contributed by atoms with E-state index in [1.807, 2.05) is 0 Å². The minimum Gasteiger partial charge on any atom is -0.349 e. The van der Waals surface area contributed by atoms with Crippen LogP contribution in [-0.2, 0) is 14.4 Å². The van der Waals surface area contributed by atoms with E-state index in [0.29, 0.717) is 13.0 Å². The highest BCUT2D eigenvalue weighted by molar-refractivity contribution is 6.31. The molecule has 4 fully saturated rings. The molecule has 1 saturated carbocycles. The van der Waals surface area contributed by atoms with E-state index in [4.69, 9.17) is 11.6 Å². The normalized spacial score (nSPS) is 29.9. The van der Waals surface area contributed by atoms with E-state index >= 15 is 0 Å². The predicted octanol–water partition coefficient (Wildman–Crippen LogP) is 0.688. The zero-order valence-electron chi connectivity index (χ0n) is 16.6. The first-order valence-corrected chi connectivity index (χ1v) is 10.9. The standard InChI is InChI=1S/C21H22ClFN4O4/c22-13-7-11(3-4-14(13)23)18(28)24-12-8-16-19(29)25-15-5-6-26(20(30)10-1-2-10)17(15)21(31)27(16)9-12/h3-4,7,10,12,15-17H,1-2,5-6,8-9H2,(H,24,28)(H,25,29)/t12-,15-,16+,17+/m1/s1. The van der Waals surface area contributed by atoms with Crippen molar-refractivity contribution in [2.75, 3.05) is 13.1 Å². The molecule has 4 atom stereocenters. The molecule has 3 aliphatic heterocycles. The maximum absolute atomic E-state index is 13.4. The zero-order chi connectivity index (χ0) is 21.9. The Labute approximate surface area is 183 Å². The molecule has 3 saturated heterocycles. The van der Waals surface area contributed by atoms with E-state index in [1.54, 1.807) is 4.90 Å². The highest BCUT2D eigenvalue weighted by Crippen LogP contribution is 2.36. The Hall–Kier alpha value is -2.68. The number of halogens is 2. The summed E-state index contributed by atoms with van der Waals surface area (Å²) in [4.78, 5) is 54.5. The van der Waals surface area contributed by atoms with E-state index in [1.165, 1.54) is 17.0 Å². The average Bonchev–Trinajstić information content (AvgIpc) is 3.40. The van der Waals surface area contributed by atoms with Gasteiger partial charge in [0.1, 0.15) is 17.9 Å². The van der Waals surface area contributed by atoms with Crippen LogP contribution < -0.4 is 10.6 Å². The van der Waals surface area contributed by atoms with Crippen LogP contribution in [0.3, 0.4) is 0 Å². The topological polar surface area (TPSA) is 98.8 Å². The first-order chi connectivity index (χ1) is 14.8. The Balaban J connectivity index is 1.32. The Bertz CT molecular complexity index is 984. The number of carbonyl (C=O) groups is 4. The van der Waals surface area contributed by atoms with Gasteiger partial charge < -0.3 is 20.4 Å². The second kappa shape index (κ2) is 7.47. The number of rotatable bonds is 3. The number of fused-ring (bicyclic) bond motifs is 2. The van der Waals surface area contributed by atoms with Gasteiger partial charge in [-0.25, -0.2) is 4.39 Å². The number of hydrogen-bond donors (Lipinski definition) is 2. The largest absolute Gasteiger partial charge is 0.349 e. The first kappa shape index (κ1) is 20.2. The van der Waals surface area contributed by atoms with Gasteiger partial charge in [-0.05, 0) is 43.9 Å². The van der Waals surface area contributed by atoms with Crippen LogP contribution in [0.2, 0.25) is 5.02 Å². The van der Waals surface area contributed by atoms with Crippen molar-refractivity contribution in [3.05, 3.63) is 34.6 Å². The number of carbonyl (C=O) groups excluding carboxylic acids is 4. The van der Waals surface area contributed by atoms with Gasteiger partial charge in [0.05, 0.1) is 11.1 Å². The number of amides is 4. The van der Waals surface area contributed by atoms with Crippen LogP contribution in [0, 0.1) is 11.7 Å². The van der Waals surface area contributed by atoms with Gasteiger partial charge in [-0.2, -0.15) is 0 Å². The first-order valence-electron chi connectivity index (χ1n) is 10.5. The van der Waals surface area contributed by atoms with E-state index in [-0.39, 0.29) is 53.2 Å². The van der Waals surface area contributed by atoms with Crippen molar-refractivity contribution in [2.24, 2.45) is 5.92 Å². The summed E-state index contributed by atoms with van der Waals surface area (Å²) in [5.74, 6) is -1.60. The zero-order valence-corrected chi connectivity index (χ0v) is 17.4. The van der Waals surface area contributed by atoms with Crippen molar-refractivity contribution in [3.8, 4) is 0 Å². The van der Waals surface area contributed by atoms with Crippen LogP contribution in [0.5, 0.6) is 0 Å². The van der Waals surface area contributed by atoms with Gasteiger partial charge >= 0.3 is 0 Å². The molecule has 1 aliphatic carbocycles. The van der Waals surface area contributed by atoms with Crippen LogP contribution >= 0.6 is 11.6 Å². The summed E-state index contributed by atoms with van der Waals surface area (Å²) in [6.45, 7) is 0.632. The van der Waals surface area contributed by atoms with Gasteiger partial charge in [0.15, 0.2) is 0 Å². The van der Waals surface area contributed by atoms with Crippen LogP contribution in [-0.4, -0.2) is 70.7 Å². The van der Waals surface area contributed by atoms with E-state index in [2.05, 4.69) is 10.6 Å². The molecule has 31 heavy (non-hydrogen) atoms. The molecule has 0 bridgehead atoms. The fourth-order valence-corrected chi connectivity index (χ4v) is 5.03. The van der Waals surface area contributed by atoms with Crippen molar-refractivity contribution in [3.63, 3.8) is 0 Å². The Kier molecular flexibility index (Phi) is 4.88. The summed E-state index contributed by atoms with van der Waals surface area (Å²) in [6.07, 6.45) is 2.53. The fourth-order valence-electron chi connectivity index (χ4n) is 4.85. The maximum atomic E-state index is 13.4. The van der Waals surface area contributed by atoms with E-state index < -0.39 is 29.8 Å². The van der Waals surface area contributed by atoms with Gasteiger partial charge in [-0.1, -0.05) is 11.6 Å². The Morgan fingerprint density at radius 3 is 2.68 bits per heavy atom. The second-order valence-corrected chi connectivity index (χ2v) is 9.10. The third kappa shape index (κ3) is 3.54. The molecular formula is C21H22ClFN4O4. The number of likely N-dealkylation sites (tertiary alicyclic amines) is 1. The van der Waals surface area contributed by atoms with E-state index in [9.17, 15) is 23.6 Å². The lowest BCUT2D eigenvalue weighted by Crippen LogP contribution is -2.53. The predicted molar refractivity (Wildman–Crippen MR) is 108 cm³/mol. The smallest absolute Gasteiger partial charge is 0.251 e. The summed E-state index contributed by atoms with van der Waals surface area (Å²) >= 11 is 5.75. The minimum atomic E-state index is -0.696. The number of nitrogens with one attached hydrogen (secondary N) is 2. The monoisotopic (exact) mass is 448 g/mol. The molecule has 4 aliphatic rings. The molecule has 0 spiro atoms. The third-order valence-electron chi connectivity index (χ3n) is 6.59. The molecule has 3 heterocycles. The molecule has 0 radical (unpaired) electrons. The molecule has 8 nitrogen and oxygen atoms in total. The van der Waals surface area contributed by atoms with E-state index in [0.717, 1.165) is 18.9 Å². The molecule has 164 valence electrons. The maximum Gasteiger partial charge on any atom is 0.251 e. The molecule has 10 heteroatoms. The number of nitrogens with zero attached hydrogens (tertiary/aromatic N) is 2. The van der Waals surface area contributed by atoms with Gasteiger partial charge in [0, 0.05) is 30.6 Å². The van der Waals surface area contributed by atoms with Crippen LogP contribution in [0.1, 0.15) is 36.0 Å². The van der Waals surface area contributed by atoms with Crippen molar-refractivity contribution >= 4 is 35.2 Å². The molecule has 1 aromatic rings. The van der Waals surface area contributed by atoms with Gasteiger partial charge in [0.25, 0.3) is 5.91 Å². The molecule has 5 rings (SSSR count). The number of benzene rings is 1. The highest BCUT2D eigenvalue weighted by Gasteiger charge is 2.53. The minimum absolute atomic E-state index is 0.00514. The molecular weight excluding hydrogens is 427 g/mol. The van der Waals surface area contributed by atoms with Crippen LogP contribution in [0.25, 0.3) is 0 Å². The summed E-state index contributed by atoms with van der Waals surface area (Å²) in [6, 6.07) is 1.48. The SMILES string of the molecule is O=C(N[C@@H]1C[C@H]2C(=O)N[C@@H]3CCN(C(=O)C4CC4)[C@@H]3C(=O)N2C1)c1ccc(F)c(Cl)c1. The lowest BCUT2D eigenvalue weighted by molar-refractivity contribution is -0.145. The molecule has 2 N–H and O–H groups in total. The Morgan fingerprint density at radius 2 is 1.97 bits per heavy atom. The Morgan fingerprint density at radius 1 is 1.19 bits per heavy atom. The molecule has 0 unspecified atom stereocenters. The van der Waals surface area contributed by atoms with Crippen LogP contribution in [0.4, 0.5) is 4.39 Å². The molecule has 4 amide bonds. The second-order valence-electron chi connectivity index (χ2n) is 8.70. The quantitative estimate of drug-likeness (QED) is 0.710. The van der Waals surface area contributed by atoms with Crippen molar-refractivity contribution in [1.29, 1.82) is 0 Å². The lowest BCUT2D eigenvalue weighted by atomic mass is 10.1. The third-order valence-corrected chi connectivity index (χ3v) is 6.88.